The van der Waals surface area contributed by atoms with E-state index < -0.39 is 17.8 Å². The third-order valence-electron chi connectivity index (χ3n) is 6.35. The zero-order valence-electron chi connectivity index (χ0n) is 20.0. The van der Waals surface area contributed by atoms with Crippen molar-refractivity contribution in [2.75, 3.05) is 39.8 Å². The molecule has 35 heavy (non-hydrogen) atoms. The van der Waals surface area contributed by atoms with Gasteiger partial charge in [-0.25, -0.2) is 14.0 Å². The number of nitrogens with zero attached hydrogens (tertiary/aromatic N) is 3. The van der Waals surface area contributed by atoms with Crippen LogP contribution in [0.1, 0.15) is 36.0 Å². The lowest BCUT2D eigenvalue weighted by atomic mass is 9.94. The zero-order valence-corrected chi connectivity index (χ0v) is 20.0. The molecule has 0 spiro atoms. The highest BCUT2D eigenvalue weighted by Gasteiger charge is 2.38. The van der Waals surface area contributed by atoms with Crippen molar-refractivity contribution < 1.29 is 27.9 Å². The van der Waals surface area contributed by atoms with Crippen LogP contribution in [-0.4, -0.2) is 78.5 Å². The molecule has 0 aliphatic carbocycles. The first-order valence-electron chi connectivity index (χ1n) is 11.6. The summed E-state index contributed by atoms with van der Waals surface area (Å²) >= 11 is 0. The van der Waals surface area contributed by atoms with Gasteiger partial charge in [0.2, 0.25) is 0 Å². The van der Waals surface area contributed by atoms with E-state index in [1.165, 1.54) is 23.3 Å². The molecule has 9 nitrogen and oxygen atoms in total. The van der Waals surface area contributed by atoms with Crippen molar-refractivity contribution in [2.24, 2.45) is 0 Å². The molecule has 2 aliphatic rings. The molecule has 1 aromatic heterocycles. The zero-order chi connectivity index (χ0) is 25.1. The first kappa shape index (κ1) is 24.5. The number of esters is 1. The Morgan fingerprint density at radius 1 is 1.20 bits per heavy atom. The summed E-state index contributed by atoms with van der Waals surface area (Å²) in [5.74, 6) is -0.822. The maximum atomic E-state index is 13.5. The third kappa shape index (κ3) is 5.07. The van der Waals surface area contributed by atoms with Gasteiger partial charge in [-0.15, -0.1) is 0 Å². The van der Waals surface area contributed by atoms with Crippen LogP contribution in [0.4, 0.5) is 9.18 Å². The predicted molar refractivity (Wildman–Crippen MR) is 125 cm³/mol. The lowest BCUT2D eigenvalue weighted by Crippen LogP contribution is -2.56. The predicted octanol–water partition coefficient (Wildman–Crippen LogP) is 2.78. The number of carbonyl (C=O) groups excluding carboxylic acids is 3. The molecule has 2 aliphatic heterocycles. The maximum absolute atomic E-state index is 13.5. The minimum atomic E-state index is -0.771. The summed E-state index contributed by atoms with van der Waals surface area (Å²) in [4.78, 5) is 43.9. The number of carbonyl (C=O) groups is 3. The van der Waals surface area contributed by atoms with E-state index in [9.17, 15) is 18.8 Å². The molecule has 0 saturated carbocycles. The Labute approximate surface area is 203 Å². The fourth-order valence-corrected chi connectivity index (χ4v) is 4.54. The molecule has 10 heteroatoms. The Balaban J connectivity index is 1.61. The summed E-state index contributed by atoms with van der Waals surface area (Å²) in [6.45, 7) is 5.71. The standard InChI is InChI=1S/C25H29FN4O5/c1-4-34-24(32)21-19(28(3)25(33)27-22(21)17-7-9-18(26)10-8-17)15-29-11-12-30(16(2)14-29)23(31)20-6-5-13-35-20/h5-10,13,16,22H,4,11-12,14-15H2,1-3H3,(H,27,33). The molecule has 3 heterocycles. The molecule has 2 unspecified atom stereocenters. The molecule has 4 rings (SSSR count). The highest BCUT2D eigenvalue weighted by molar-refractivity contribution is 5.95. The number of rotatable bonds is 6. The van der Waals surface area contributed by atoms with E-state index in [0.29, 0.717) is 48.8 Å². The van der Waals surface area contributed by atoms with Gasteiger partial charge in [0.05, 0.1) is 24.5 Å². The van der Waals surface area contributed by atoms with Crippen LogP contribution >= 0.6 is 0 Å². The van der Waals surface area contributed by atoms with Crippen LogP contribution in [0.3, 0.4) is 0 Å². The number of halogens is 1. The highest BCUT2D eigenvalue weighted by Crippen LogP contribution is 2.32. The van der Waals surface area contributed by atoms with E-state index in [0.717, 1.165) is 0 Å². The van der Waals surface area contributed by atoms with Crippen LogP contribution in [0, 0.1) is 5.82 Å². The second-order valence-corrected chi connectivity index (χ2v) is 8.63. The minimum Gasteiger partial charge on any atom is -0.463 e. The summed E-state index contributed by atoms with van der Waals surface area (Å²) in [5.41, 5.74) is 1.40. The number of urea groups is 1. The molecular formula is C25H29FN4O5. The summed E-state index contributed by atoms with van der Waals surface area (Å²) < 4.78 is 24.1. The topological polar surface area (TPSA) is 95.3 Å². The van der Waals surface area contributed by atoms with E-state index in [1.54, 1.807) is 43.1 Å². The number of hydrogen-bond acceptors (Lipinski definition) is 6. The van der Waals surface area contributed by atoms with Crippen molar-refractivity contribution >= 4 is 17.9 Å². The van der Waals surface area contributed by atoms with Gasteiger partial charge in [-0.3, -0.25) is 14.6 Å². The van der Waals surface area contributed by atoms with Gasteiger partial charge in [-0.2, -0.15) is 0 Å². The van der Waals surface area contributed by atoms with Gasteiger partial charge >= 0.3 is 12.0 Å². The average Bonchev–Trinajstić information content (AvgIpc) is 3.37. The van der Waals surface area contributed by atoms with E-state index in [-0.39, 0.29) is 24.6 Å². The Hall–Kier alpha value is -3.66. The highest BCUT2D eigenvalue weighted by atomic mass is 19.1. The average molecular weight is 485 g/mol. The Morgan fingerprint density at radius 2 is 1.94 bits per heavy atom. The van der Waals surface area contributed by atoms with Crippen LogP contribution in [-0.2, 0) is 9.53 Å². The maximum Gasteiger partial charge on any atom is 0.338 e. The van der Waals surface area contributed by atoms with Crippen LogP contribution in [0.25, 0.3) is 0 Å². The molecular weight excluding hydrogens is 455 g/mol. The molecule has 1 N–H and O–H groups in total. The second-order valence-electron chi connectivity index (χ2n) is 8.63. The van der Waals surface area contributed by atoms with Gasteiger partial charge in [0.15, 0.2) is 5.76 Å². The number of amides is 3. The summed E-state index contributed by atoms with van der Waals surface area (Å²) in [6.07, 6.45) is 1.47. The monoisotopic (exact) mass is 484 g/mol. The first-order valence-corrected chi connectivity index (χ1v) is 11.6. The van der Waals surface area contributed by atoms with Gasteiger partial charge < -0.3 is 19.4 Å². The van der Waals surface area contributed by atoms with Crippen LogP contribution in [0.15, 0.2) is 58.3 Å². The molecule has 1 saturated heterocycles. The van der Waals surface area contributed by atoms with E-state index in [2.05, 4.69) is 10.2 Å². The Morgan fingerprint density at radius 3 is 2.57 bits per heavy atom. The Kier molecular flexibility index (Phi) is 7.20. The SMILES string of the molecule is CCOC(=O)C1=C(CN2CCN(C(=O)c3ccco3)C(C)C2)N(C)C(=O)NC1c1ccc(F)cc1. The largest absolute Gasteiger partial charge is 0.463 e. The van der Waals surface area contributed by atoms with Gasteiger partial charge in [-0.1, -0.05) is 12.1 Å². The number of furan rings is 1. The number of piperazine rings is 1. The van der Waals surface area contributed by atoms with Gasteiger partial charge in [-0.05, 0) is 43.7 Å². The van der Waals surface area contributed by atoms with E-state index in [4.69, 9.17) is 9.15 Å². The van der Waals surface area contributed by atoms with E-state index >= 15 is 0 Å². The summed E-state index contributed by atoms with van der Waals surface area (Å²) in [7, 11) is 1.60. The van der Waals surface area contributed by atoms with Crippen molar-refractivity contribution in [3.8, 4) is 0 Å². The normalized spacial score (nSPS) is 21.2. The summed E-state index contributed by atoms with van der Waals surface area (Å²) in [5, 5.41) is 2.83. The van der Waals surface area contributed by atoms with E-state index in [1.807, 2.05) is 6.92 Å². The number of benzene rings is 1. The molecule has 0 bridgehead atoms. The molecule has 186 valence electrons. The van der Waals surface area contributed by atoms with Gasteiger partial charge in [0, 0.05) is 45.0 Å². The summed E-state index contributed by atoms with van der Waals surface area (Å²) in [6, 6.07) is 7.74. The van der Waals surface area contributed by atoms with Crippen LogP contribution in [0.5, 0.6) is 0 Å². The molecule has 1 fully saturated rings. The molecule has 2 atom stereocenters. The number of nitrogens with one attached hydrogen (secondary N) is 1. The minimum absolute atomic E-state index is 0.108. The Bertz CT molecular complexity index is 1120. The number of ether oxygens (including phenoxy) is 1. The molecule has 1 aromatic carbocycles. The van der Waals surface area contributed by atoms with Crippen molar-refractivity contribution in [1.82, 2.24) is 20.0 Å². The fourth-order valence-electron chi connectivity index (χ4n) is 4.54. The number of likely N-dealkylation sites (N-methyl/N-ethyl adjacent to an activating group) is 1. The lowest BCUT2D eigenvalue weighted by molar-refractivity contribution is -0.139. The quantitative estimate of drug-likeness (QED) is 0.634. The van der Waals surface area contributed by atoms with Crippen LogP contribution < -0.4 is 5.32 Å². The third-order valence-corrected chi connectivity index (χ3v) is 6.35. The first-order chi connectivity index (χ1) is 16.8. The van der Waals surface area contributed by atoms with Crippen molar-refractivity contribution in [3.05, 3.63) is 71.1 Å². The smallest absolute Gasteiger partial charge is 0.338 e. The molecule has 3 amide bonds. The fraction of sp³-hybridized carbons (Fsp3) is 0.400. The second kappa shape index (κ2) is 10.3. The van der Waals surface area contributed by atoms with Gasteiger partial charge in [0.1, 0.15) is 5.82 Å². The van der Waals surface area contributed by atoms with Crippen molar-refractivity contribution in [3.63, 3.8) is 0 Å². The molecule has 2 aromatic rings. The van der Waals surface area contributed by atoms with Crippen molar-refractivity contribution in [2.45, 2.75) is 25.9 Å². The van der Waals surface area contributed by atoms with Crippen LogP contribution in [0.2, 0.25) is 0 Å². The molecule has 0 radical (unpaired) electrons. The van der Waals surface area contributed by atoms with Gasteiger partial charge in [0.25, 0.3) is 5.91 Å². The lowest BCUT2D eigenvalue weighted by Gasteiger charge is -2.42. The van der Waals surface area contributed by atoms with Crippen molar-refractivity contribution in [1.29, 1.82) is 0 Å². The number of hydrogen-bond donors (Lipinski definition) is 1.